The summed E-state index contributed by atoms with van der Waals surface area (Å²) in [4.78, 5) is 14.6. The summed E-state index contributed by atoms with van der Waals surface area (Å²) in [6.45, 7) is 3.59. The Morgan fingerprint density at radius 2 is 1.77 bits per heavy atom. The van der Waals surface area contributed by atoms with Crippen molar-refractivity contribution >= 4 is 16.1 Å². The van der Waals surface area contributed by atoms with E-state index < -0.39 is 10.0 Å². The summed E-state index contributed by atoms with van der Waals surface area (Å²) in [6.07, 6.45) is 3.73. The highest BCUT2D eigenvalue weighted by atomic mass is 32.2. The van der Waals surface area contributed by atoms with Gasteiger partial charge in [-0.15, -0.1) is 0 Å². The van der Waals surface area contributed by atoms with Crippen molar-refractivity contribution in [2.75, 3.05) is 32.4 Å². The standard InChI is InChI=1S/C18H28N4O3S/c1-26(24,25)22-10-5-8-16(14-22)19-18(23)20-17-9-11-21(13-17)12-15-6-3-2-4-7-15/h2-4,6-7,16-17H,5,8-14H2,1H3,(H2,19,20,23). The summed E-state index contributed by atoms with van der Waals surface area (Å²) < 4.78 is 24.8. The largest absolute Gasteiger partial charge is 0.334 e. The number of nitrogens with zero attached hydrogens (tertiary/aromatic N) is 2. The average molecular weight is 381 g/mol. The number of nitrogens with one attached hydrogen (secondary N) is 2. The van der Waals surface area contributed by atoms with Gasteiger partial charge in [-0.05, 0) is 24.8 Å². The molecule has 0 aliphatic carbocycles. The number of hydrogen-bond donors (Lipinski definition) is 2. The maximum Gasteiger partial charge on any atom is 0.315 e. The lowest BCUT2D eigenvalue weighted by Crippen LogP contribution is -2.53. The van der Waals surface area contributed by atoms with E-state index in [-0.39, 0.29) is 18.1 Å². The third kappa shape index (κ3) is 5.43. The minimum atomic E-state index is -3.20. The highest BCUT2D eigenvalue weighted by molar-refractivity contribution is 7.88. The molecular weight excluding hydrogens is 352 g/mol. The molecule has 2 N–H and O–H groups in total. The molecule has 0 radical (unpaired) electrons. The summed E-state index contributed by atoms with van der Waals surface area (Å²) in [5, 5.41) is 5.97. The van der Waals surface area contributed by atoms with Crippen LogP contribution in [0.25, 0.3) is 0 Å². The third-order valence-corrected chi connectivity index (χ3v) is 6.31. The molecule has 2 fully saturated rings. The van der Waals surface area contributed by atoms with Gasteiger partial charge in [-0.25, -0.2) is 17.5 Å². The molecule has 2 aliphatic heterocycles. The molecule has 0 aromatic heterocycles. The van der Waals surface area contributed by atoms with Gasteiger partial charge in [0.1, 0.15) is 0 Å². The Labute approximate surface area is 155 Å². The Kier molecular flexibility index (Phi) is 6.16. The van der Waals surface area contributed by atoms with Crippen molar-refractivity contribution < 1.29 is 13.2 Å². The Balaban J connectivity index is 1.42. The third-order valence-electron chi connectivity index (χ3n) is 5.04. The number of rotatable bonds is 5. The van der Waals surface area contributed by atoms with Crippen LogP contribution in [0.1, 0.15) is 24.8 Å². The van der Waals surface area contributed by atoms with Crippen LogP contribution in [-0.2, 0) is 16.6 Å². The molecule has 3 rings (SSSR count). The van der Waals surface area contributed by atoms with Crippen molar-refractivity contribution in [2.45, 2.75) is 37.9 Å². The minimum absolute atomic E-state index is 0.125. The highest BCUT2D eigenvalue weighted by Gasteiger charge is 2.28. The van der Waals surface area contributed by atoms with Crippen molar-refractivity contribution in [1.82, 2.24) is 19.8 Å². The molecule has 1 aromatic carbocycles. The lowest BCUT2D eigenvalue weighted by Gasteiger charge is -2.31. The number of urea groups is 1. The van der Waals surface area contributed by atoms with Gasteiger partial charge in [-0.3, -0.25) is 4.90 Å². The monoisotopic (exact) mass is 380 g/mol. The molecule has 2 saturated heterocycles. The Morgan fingerprint density at radius 1 is 1.08 bits per heavy atom. The smallest absolute Gasteiger partial charge is 0.315 e. The molecule has 144 valence electrons. The second kappa shape index (κ2) is 8.37. The maximum atomic E-state index is 12.3. The van der Waals surface area contributed by atoms with Gasteiger partial charge in [0.05, 0.1) is 6.26 Å². The van der Waals surface area contributed by atoms with Crippen molar-refractivity contribution in [2.24, 2.45) is 0 Å². The molecule has 0 bridgehead atoms. The summed E-state index contributed by atoms with van der Waals surface area (Å²) in [6, 6.07) is 10.1. The van der Waals surface area contributed by atoms with Gasteiger partial charge < -0.3 is 10.6 Å². The zero-order chi connectivity index (χ0) is 18.6. The normalized spacial score (nSPS) is 25.1. The number of hydrogen-bond acceptors (Lipinski definition) is 4. The molecule has 2 unspecified atom stereocenters. The Bertz CT molecular complexity index is 710. The lowest BCUT2D eigenvalue weighted by atomic mass is 10.1. The molecule has 1 aromatic rings. The van der Waals surface area contributed by atoms with Crippen molar-refractivity contribution in [3.8, 4) is 0 Å². The summed E-state index contributed by atoms with van der Waals surface area (Å²) >= 11 is 0. The summed E-state index contributed by atoms with van der Waals surface area (Å²) in [5.74, 6) is 0. The molecule has 26 heavy (non-hydrogen) atoms. The van der Waals surface area contributed by atoms with Gasteiger partial charge in [0.15, 0.2) is 0 Å². The van der Waals surface area contributed by atoms with Crippen LogP contribution in [0.4, 0.5) is 4.79 Å². The molecule has 8 heteroatoms. The van der Waals surface area contributed by atoms with E-state index in [1.807, 2.05) is 18.2 Å². The van der Waals surface area contributed by atoms with Crippen molar-refractivity contribution in [1.29, 1.82) is 0 Å². The summed E-state index contributed by atoms with van der Waals surface area (Å²) in [5.41, 5.74) is 1.28. The first-order chi connectivity index (χ1) is 12.4. The molecule has 2 atom stereocenters. The molecule has 0 spiro atoms. The fourth-order valence-electron chi connectivity index (χ4n) is 3.71. The van der Waals surface area contributed by atoms with Gasteiger partial charge in [0.2, 0.25) is 10.0 Å². The van der Waals surface area contributed by atoms with Crippen LogP contribution in [0.3, 0.4) is 0 Å². The maximum absolute atomic E-state index is 12.3. The van der Waals surface area contributed by atoms with Crippen LogP contribution in [0, 0.1) is 0 Å². The van der Waals surface area contributed by atoms with Gasteiger partial charge in [0, 0.05) is 44.8 Å². The van der Waals surface area contributed by atoms with Crippen molar-refractivity contribution in [3.63, 3.8) is 0 Å². The molecule has 2 heterocycles. The van der Waals surface area contributed by atoms with E-state index in [2.05, 4.69) is 27.7 Å². The topological polar surface area (TPSA) is 81.8 Å². The van der Waals surface area contributed by atoms with E-state index in [0.29, 0.717) is 13.1 Å². The predicted octanol–water partition coefficient (Wildman–Crippen LogP) is 0.984. The van der Waals surface area contributed by atoms with Crippen LogP contribution in [0.5, 0.6) is 0 Å². The second-order valence-corrected chi connectivity index (χ2v) is 9.27. The Hall–Kier alpha value is -1.64. The van der Waals surface area contributed by atoms with Crippen LogP contribution >= 0.6 is 0 Å². The Morgan fingerprint density at radius 3 is 2.46 bits per heavy atom. The number of sulfonamides is 1. The first kappa shape index (κ1) is 19.1. The zero-order valence-corrected chi connectivity index (χ0v) is 16.0. The first-order valence-corrected chi connectivity index (χ1v) is 11.0. The number of carbonyl (C=O) groups is 1. The van der Waals surface area contributed by atoms with Crippen LogP contribution in [-0.4, -0.2) is 68.2 Å². The number of amides is 2. The van der Waals surface area contributed by atoms with E-state index in [1.54, 1.807) is 0 Å². The zero-order valence-electron chi connectivity index (χ0n) is 15.2. The van der Waals surface area contributed by atoms with E-state index in [0.717, 1.165) is 38.9 Å². The van der Waals surface area contributed by atoms with E-state index >= 15 is 0 Å². The molecule has 0 saturated carbocycles. The number of piperidine rings is 1. The minimum Gasteiger partial charge on any atom is -0.334 e. The average Bonchev–Trinajstić information content (AvgIpc) is 3.02. The molecule has 2 amide bonds. The van der Waals surface area contributed by atoms with Gasteiger partial charge in [-0.2, -0.15) is 0 Å². The van der Waals surface area contributed by atoms with E-state index in [9.17, 15) is 13.2 Å². The van der Waals surface area contributed by atoms with E-state index in [1.165, 1.54) is 16.1 Å². The molecular formula is C18H28N4O3S. The van der Waals surface area contributed by atoms with Crippen LogP contribution < -0.4 is 10.6 Å². The van der Waals surface area contributed by atoms with Gasteiger partial charge in [0.25, 0.3) is 0 Å². The predicted molar refractivity (Wildman–Crippen MR) is 101 cm³/mol. The van der Waals surface area contributed by atoms with Crippen LogP contribution in [0.15, 0.2) is 30.3 Å². The first-order valence-electron chi connectivity index (χ1n) is 9.18. The SMILES string of the molecule is CS(=O)(=O)N1CCCC(NC(=O)NC2CCN(Cc3ccccc3)C2)C1. The fourth-order valence-corrected chi connectivity index (χ4v) is 4.62. The number of benzene rings is 1. The van der Waals surface area contributed by atoms with E-state index in [4.69, 9.17) is 0 Å². The number of likely N-dealkylation sites (tertiary alicyclic amines) is 1. The highest BCUT2D eigenvalue weighted by Crippen LogP contribution is 2.15. The number of carbonyl (C=O) groups excluding carboxylic acids is 1. The summed E-state index contributed by atoms with van der Waals surface area (Å²) in [7, 11) is -3.20. The van der Waals surface area contributed by atoms with Crippen molar-refractivity contribution in [3.05, 3.63) is 35.9 Å². The fraction of sp³-hybridized carbons (Fsp3) is 0.611. The van der Waals surface area contributed by atoms with Gasteiger partial charge >= 0.3 is 6.03 Å². The van der Waals surface area contributed by atoms with Gasteiger partial charge in [-0.1, -0.05) is 30.3 Å². The quantitative estimate of drug-likeness (QED) is 0.798. The molecule has 7 nitrogen and oxygen atoms in total. The lowest BCUT2D eigenvalue weighted by molar-refractivity contribution is 0.221. The molecule has 2 aliphatic rings. The van der Waals surface area contributed by atoms with Crippen LogP contribution in [0.2, 0.25) is 0 Å². The second-order valence-electron chi connectivity index (χ2n) is 7.28.